The molecular formula is C12H13ClN2O3. The zero-order valence-electron chi connectivity index (χ0n) is 9.85. The number of hydrogen-bond donors (Lipinski definition) is 1. The van der Waals surface area contributed by atoms with Crippen LogP contribution >= 0.6 is 11.6 Å². The number of nitrogens with zero attached hydrogens (tertiary/aromatic N) is 1. The van der Waals surface area contributed by atoms with E-state index in [1.165, 1.54) is 0 Å². The number of nitrogens with one attached hydrogen (secondary N) is 1. The molecule has 0 bridgehead atoms. The highest BCUT2D eigenvalue weighted by Crippen LogP contribution is 2.26. The number of imide groups is 1. The van der Waals surface area contributed by atoms with Crippen LogP contribution in [0, 0.1) is 0 Å². The Balaban J connectivity index is 2.08. The molecule has 1 atom stereocenters. The molecule has 5 nitrogen and oxygen atoms in total. The number of benzene rings is 1. The molecule has 1 aromatic carbocycles. The molecular weight excluding hydrogens is 256 g/mol. The molecule has 6 heteroatoms. The normalized spacial score (nSPS) is 18.7. The second kappa shape index (κ2) is 5.27. The van der Waals surface area contributed by atoms with Crippen LogP contribution < -0.4 is 5.32 Å². The molecule has 96 valence electrons. The zero-order chi connectivity index (χ0) is 13.1. The SMILES string of the molecule is CCNC(=O)N1CC(c2ccc(Cl)cc2)OC1=O. The average molecular weight is 269 g/mol. The Bertz CT molecular complexity index is 461. The van der Waals surface area contributed by atoms with Crippen LogP contribution in [0.5, 0.6) is 0 Å². The Labute approximate surface area is 110 Å². The molecule has 3 amide bonds. The molecule has 0 spiro atoms. The maximum Gasteiger partial charge on any atom is 0.418 e. The molecule has 0 saturated carbocycles. The van der Waals surface area contributed by atoms with Crippen LogP contribution in [0.3, 0.4) is 0 Å². The topological polar surface area (TPSA) is 58.6 Å². The summed E-state index contributed by atoms with van der Waals surface area (Å²) in [5, 5.41) is 3.18. The smallest absolute Gasteiger partial charge is 0.418 e. The third-order valence-electron chi connectivity index (χ3n) is 2.63. The summed E-state index contributed by atoms with van der Waals surface area (Å²) in [4.78, 5) is 24.2. The fourth-order valence-corrected chi connectivity index (χ4v) is 1.85. The Morgan fingerprint density at radius 2 is 2.17 bits per heavy atom. The second-order valence-corrected chi connectivity index (χ2v) is 4.31. The molecule has 1 unspecified atom stereocenters. The van der Waals surface area contributed by atoms with Crippen LogP contribution in [0.4, 0.5) is 9.59 Å². The Morgan fingerprint density at radius 3 is 2.78 bits per heavy atom. The predicted molar refractivity (Wildman–Crippen MR) is 66.5 cm³/mol. The number of rotatable bonds is 2. The van der Waals surface area contributed by atoms with Gasteiger partial charge in [-0.05, 0) is 24.6 Å². The van der Waals surface area contributed by atoms with E-state index in [1.54, 1.807) is 31.2 Å². The molecule has 1 aliphatic heterocycles. The third kappa shape index (κ3) is 2.56. The first-order valence-corrected chi connectivity index (χ1v) is 6.01. The summed E-state index contributed by atoms with van der Waals surface area (Å²) in [6.07, 6.45) is -1.06. The molecule has 1 saturated heterocycles. The van der Waals surface area contributed by atoms with Gasteiger partial charge in [-0.25, -0.2) is 14.5 Å². The van der Waals surface area contributed by atoms with Crippen molar-refractivity contribution in [2.45, 2.75) is 13.0 Å². The minimum Gasteiger partial charge on any atom is -0.439 e. The first-order chi connectivity index (χ1) is 8.61. The Hall–Kier alpha value is -1.75. The van der Waals surface area contributed by atoms with E-state index in [0.717, 1.165) is 10.5 Å². The summed E-state index contributed by atoms with van der Waals surface area (Å²) in [5.74, 6) is 0. The number of carbonyl (C=O) groups excluding carboxylic acids is 2. The highest BCUT2D eigenvalue weighted by atomic mass is 35.5. The van der Waals surface area contributed by atoms with Crippen molar-refractivity contribution in [3.8, 4) is 0 Å². The van der Waals surface area contributed by atoms with Crippen LogP contribution in [0.1, 0.15) is 18.6 Å². The molecule has 1 aromatic rings. The number of carbonyl (C=O) groups is 2. The fraction of sp³-hybridized carbons (Fsp3) is 0.333. The third-order valence-corrected chi connectivity index (χ3v) is 2.88. The van der Waals surface area contributed by atoms with Gasteiger partial charge in [0.25, 0.3) is 0 Å². The molecule has 0 radical (unpaired) electrons. The summed E-state index contributed by atoms with van der Waals surface area (Å²) in [6.45, 7) is 2.47. The van der Waals surface area contributed by atoms with E-state index in [9.17, 15) is 9.59 Å². The van der Waals surface area contributed by atoms with E-state index in [2.05, 4.69) is 5.32 Å². The molecule has 1 fully saturated rings. The summed E-state index contributed by atoms with van der Waals surface area (Å²) in [5.41, 5.74) is 0.819. The van der Waals surface area contributed by atoms with E-state index in [4.69, 9.17) is 16.3 Å². The van der Waals surface area contributed by atoms with Gasteiger partial charge in [0.15, 0.2) is 0 Å². The second-order valence-electron chi connectivity index (χ2n) is 3.87. The van der Waals surface area contributed by atoms with Crippen molar-refractivity contribution in [3.05, 3.63) is 34.9 Å². The van der Waals surface area contributed by atoms with Crippen molar-refractivity contribution in [2.24, 2.45) is 0 Å². The van der Waals surface area contributed by atoms with E-state index >= 15 is 0 Å². The summed E-state index contributed by atoms with van der Waals surface area (Å²) < 4.78 is 5.15. The fourth-order valence-electron chi connectivity index (χ4n) is 1.73. The van der Waals surface area contributed by atoms with Crippen LogP contribution in [-0.4, -0.2) is 30.1 Å². The van der Waals surface area contributed by atoms with Gasteiger partial charge in [-0.2, -0.15) is 0 Å². The lowest BCUT2D eigenvalue weighted by Crippen LogP contribution is -2.40. The van der Waals surface area contributed by atoms with E-state index in [1.807, 2.05) is 0 Å². The van der Waals surface area contributed by atoms with Crippen molar-refractivity contribution < 1.29 is 14.3 Å². The van der Waals surface area contributed by atoms with Gasteiger partial charge in [0.1, 0.15) is 6.10 Å². The standard InChI is InChI=1S/C12H13ClN2O3/c1-2-14-11(16)15-7-10(18-12(15)17)8-3-5-9(13)6-4-8/h3-6,10H,2,7H2,1H3,(H,14,16). The Kier molecular flexibility index (Phi) is 3.72. The van der Waals surface area contributed by atoms with Crippen molar-refractivity contribution in [1.82, 2.24) is 10.2 Å². The first kappa shape index (κ1) is 12.7. The van der Waals surface area contributed by atoms with Gasteiger partial charge in [0.2, 0.25) is 0 Å². The summed E-state index contributed by atoms with van der Waals surface area (Å²) in [7, 11) is 0. The van der Waals surface area contributed by atoms with Crippen molar-refractivity contribution in [2.75, 3.05) is 13.1 Å². The van der Waals surface area contributed by atoms with E-state index in [0.29, 0.717) is 11.6 Å². The number of cyclic esters (lactones) is 1. The lowest BCUT2D eigenvalue weighted by molar-refractivity contribution is 0.134. The lowest BCUT2D eigenvalue weighted by Gasteiger charge is -2.11. The minimum atomic E-state index is -0.624. The minimum absolute atomic E-state index is 0.215. The molecule has 1 N–H and O–H groups in total. The molecule has 2 rings (SSSR count). The molecule has 0 aliphatic carbocycles. The first-order valence-electron chi connectivity index (χ1n) is 5.63. The van der Waals surface area contributed by atoms with E-state index < -0.39 is 18.2 Å². The summed E-state index contributed by atoms with van der Waals surface area (Å²) >= 11 is 5.79. The van der Waals surface area contributed by atoms with Gasteiger partial charge in [0.05, 0.1) is 6.54 Å². The number of urea groups is 1. The van der Waals surface area contributed by atoms with Gasteiger partial charge in [-0.1, -0.05) is 23.7 Å². The lowest BCUT2D eigenvalue weighted by atomic mass is 10.1. The molecule has 18 heavy (non-hydrogen) atoms. The van der Waals surface area contributed by atoms with Gasteiger partial charge in [-0.3, -0.25) is 0 Å². The molecule has 1 heterocycles. The number of ether oxygens (including phenoxy) is 1. The number of hydrogen-bond acceptors (Lipinski definition) is 3. The maximum absolute atomic E-state index is 11.6. The van der Waals surface area contributed by atoms with Crippen molar-refractivity contribution in [3.63, 3.8) is 0 Å². The van der Waals surface area contributed by atoms with Crippen molar-refractivity contribution >= 4 is 23.7 Å². The van der Waals surface area contributed by atoms with Crippen LogP contribution in [-0.2, 0) is 4.74 Å². The monoisotopic (exact) mass is 268 g/mol. The largest absolute Gasteiger partial charge is 0.439 e. The number of halogens is 1. The summed E-state index contributed by atoms with van der Waals surface area (Å²) in [6, 6.07) is 6.57. The molecule has 0 aromatic heterocycles. The maximum atomic E-state index is 11.6. The average Bonchev–Trinajstić information content (AvgIpc) is 2.72. The molecule has 1 aliphatic rings. The van der Waals surface area contributed by atoms with E-state index in [-0.39, 0.29) is 6.54 Å². The predicted octanol–water partition coefficient (Wildman–Crippen LogP) is 2.56. The quantitative estimate of drug-likeness (QED) is 0.897. The van der Waals surface area contributed by atoms with Gasteiger partial charge in [-0.15, -0.1) is 0 Å². The van der Waals surface area contributed by atoms with Crippen LogP contribution in [0.15, 0.2) is 24.3 Å². The Morgan fingerprint density at radius 1 is 1.50 bits per heavy atom. The van der Waals surface area contributed by atoms with Gasteiger partial charge < -0.3 is 10.1 Å². The van der Waals surface area contributed by atoms with Crippen LogP contribution in [0.2, 0.25) is 5.02 Å². The zero-order valence-corrected chi connectivity index (χ0v) is 10.6. The highest BCUT2D eigenvalue weighted by Gasteiger charge is 2.36. The van der Waals surface area contributed by atoms with Crippen molar-refractivity contribution in [1.29, 1.82) is 0 Å². The van der Waals surface area contributed by atoms with Gasteiger partial charge >= 0.3 is 12.1 Å². The van der Waals surface area contributed by atoms with Gasteiger partial charge in [0, 0.05) is 11.6 Å². The highest BCUT2D eigenvalue weighted by molar-refractivity contribution is 6.30. The van der Waals surface area contributed by atoms with Crippen LogP contribution in [0.25, 0.3) is 0 Å². The number of amides is 3.